The second-order valence-corrected chi connectivity index (χ2v) is 7.04. The first kappa shape index (κ1) is 16.1. The molecule has 4 nitrogen and oxygen atoms in total. The number of carbonyl (C=O) groups is 1. The van der Waals surface area contributed by atoms with Crippen LogP contribution in [0.25, 0.3) is 11.1 Å². The zero-order valence-electron chi connectivity index (χ0n) is 13.2. The van der Waals surface area contributed by atoms with E-state index in [0.29, 0.717) is 17.1 Å². The molecule has 1 N–H and O–H groups in total. The predicted octanol–water partition coefficient (Wildman–Crippen LogP) is 4.20. The van der Waals surface area contributed by atoms with E-state index >= 15 is 0 Å². The van der Waals surface area contributed by atoms with Crippen molar-refractivity contribution in [3.8, 4) is 16.9 Å². The molecule has 1 aliphatic heterocycles. The predicted molar refractivity (Wildman–Crippen MR) is 99.5 cm³/mol. The summed E-state index contributed by atoms with van der Waals surface area (Å²) in [6.45, 7) is 0.431. The number of benzene rings is 1. The fourth-order valence-electron chi connectivity index (χ4n) is 2.91. The van der Waals surface area contributed by atoms with Gasteiger partial charge in [-0.1, -0.05) is 11.6 Å². The molecule has 3 aromatic rings. The third-order valence-corrected chi connectivity index (χ3v) is 5.10. The van der Waals surface area contributed by atoms with Gasteiger partial charge in [-0.3, -0.25) is 9.78 Å². The van der Waals surface area contributed by atoms with Crippen LogP contribution in [0.4, 0.5) is 0 Å². The number of nitrogens with one attached hydrogen (secondary N) is 1. The lowest BCUT2D eigenvalue weighted by Crippen LogP contribution is -2.34. The zero-order valence-corrected chi connectivity index (χ0v) is 14.8. The summed E-state index contributed by atoms with van der Waals surface area (Å²) < 4.78 is 5.94. The van der Waals surface area contributed by atoms with E-state index in [9.17, 15) is 4.79 Å². The van der Waals surface area contributed by atoms with E-state index in [1.165, 1.54) is 0 Å². The first-order valence-corrected chi connectivity index (χ1v) is 9.22. The summed E-state index contributed by atoms with van der Waals surface area (Å²) in [6.07, 6.45) is 3.81. The van der Waals surface area contributed by atoms with Gasteiger partial charge < -0.3 is 10.1 Å². The van der Waals surface area contributed by atoms with Crippen LogP contribution in [0.15, 0.2) is 53.5 Å². The summed E-state index contributed by atoms with van der Waals surface area (Å²) in [5, 5.41) is 7.66. The fraction of sp³-hybridized carbons (Fsp3) is 0.158. The van der Waals surface area contributed by atoms with Crippen molar-refractivity contribution in [2.45, 2.75) is 12.5 Å². The van der Waals surface area contributed by atoms with Gasteiger partial charge in [0.05, 0.1) is 11.6 Å². The SMILES string of the molecule is O=C(NC[C@@H]1Cc2cc(-c3ccsc3)cc(Cl)c2O1)c1ccncc1. The molecule has 0 spiro atoms. The van der Waals surface area contributed by atoms with E-state index in [0.717, 1.165) is 28.9 Å². The van der Waals surface area contributed by atoms with Crippen molar-refractivity contribution in [3.63, 3.8) is 0 Å². The van der Waals surface area contributed by atoms with Crippen LogP contribution in [-0.4, -0.2) is 23.5 Å². The molecule has 1 amide bonds. The van der Waals surface area contributed by atoms with Crippen molar-refractivity contribution >= 4 is 28.8 Å². The molecule has 1 aromatic carbocycles. The lowest BCUT2D eigenvalue weighted by Gasteiger charge is -2.12. The zero-order chi connectivity index (χ0) is 17.2. The normalized spacial score (nSPS) is 15.5. The number of halogens is 1. The third-order valence-electron chi connectivity index (χ3n) is 4.14. The van der Waals surface area contributed by atoms with Crippen LogP contribution in [0.1, 0.15) is 15.9 Å². The van der Waals surface area contributed by atoms with Crippen LogP contribution in [0.2, 0.25) is 5.02 Å². The van der Waals surface area contributed by atoms with Crippen molar-refractivity contribution in [2.24, 2.45) is 0 Å². The molecule has 0 fully saturated rings. The van der Waals surface area contributed by atoms with Crippen LogP contribution in [-0.2, 0) is 6.42 Å². The Hall–Kier alpha value is -2.37. The first-order valence-electron chi connectivity index (χ1n) is 7.90. The Morgan fingerprint density at radius 3 is 2.88 bits per heavy atom. The second-order valence-electron chi connectivity index (χ2n) is 5.85. The number of hydrogen-bond acceptors (Lipinski definition) is 4. The molecule has 25 heavy (non-hydrogen) atoms. The molecule has 126 valence electrons. The van der Waals surface area contributed by atoms with Gasteiger partial charge in [-0.05, 0) is 52.2 Å². The molecular formula is C19H15ClN2O2S. The van der Waals surface area contributed by atoms with Gasteiger partial charge in [0, 0.05) is 29.9 Å². The van der Waals surface area contributed by atoms with Gasteiger partial charge in [0.2, 0.25) is 0 Å². The van der Waals surface area contributed by atoms with Gasteiger partial charge in [0.1, 0.15) is 11.9 Å². The molecule has 0 saturated carbocycles. The molecule has 0 unspecified atom stereocenters. The molecule has 1 aliphatic rings. The molecule has 3 heterocycles. The number of pyridine rings is 1. The Balaban J connectivity index is 1.44. The number of rotatable bonds is 4. The van der Waals surface area contributed by atoms with Gasteiger partial charge in [-0.2, -0.15) is 11.3 Å². The van der Waals surface area contributed by atoms with E-state index in [4.69, 9.17) is 16.3 Å². The van der Waals surface area contributed by atoms with E-state index in [1.54, 1.807) is 35.9 Å². The van der Waals surface area contributed by atoms with Gasteiger partial charge >= 0.3 is 0 Å². The van der Waals surface area contributed by atoms with Crippen LogP contribution >= 0.6 is 22.9 Å². The van der Waals surface area contributed by atoms with E-state index in [1.807, 2.05) is 11.4 Å². The van der Waals surface area contributed by atoms with Crippen molar-refractivity contribution < 1.29 is 9.53 Å². The summed E-state index contributed by atoms with van der Waals surface area (Å²) in [6, 6.07) is 9.49. The highest BCUT2D eigenvalue weighted by Gasteiger charge is 2.26. The Bertz CT molecular complexity index is 897. The molecule has 4 rings (SSSR count). The summed E-state index contributed by atoms with van der Waals surface area (Å²) >= 11 is 8.06. The van der Waals surface area contributed by atoms with Gasteiger partial charge in [-0.25, -0.2) is 0 Å². The molecule has 0 bridgehead atoms. The molecular weight excluding hydrogens is 356 g/mol. The number of aromatic nitrogens is 1. The molecule has 6 heteroatoms. The summed E-state index contributed by atoms with van der Waals surface area (Å²) in [7, 11) is 0. The molecule has 2 aromatic heterocycles. The smallest absolute Gasteiger partial charge is 0.251 e. The third kappa shape index (κ3) is 3.38. The standard InChI is InChI=1S/C19H15ClN2O2S/c20-17-9-14(13-3-6-25-11-13)7-15-8-16(24-18(15)17)10-22-19(23)12-1-4-21-5-2-12/h1-7,9,11,16H,8,10H2,(H,22,23)/t16-/m0/s1. The fourth-order valence-corrected chi connectivity index (χ4v) is 3.86. The average Bonchev–Trinajstić information content (AvgIpc) is 3.30. The summed E-state index contributed by atoms with van der Waals surface area (Å²) in [5.74, 6) is 0.593. The summed E-state index contributed by atoms with van der Waals surface area (Å²) in [5.41, 5.74) is 3.92. The topological polar surface area (TPSA) is 51.2 Å². The number of nitrogens with zero attached hydrogens (tertiary/aromatic N) is 1. The Morgan fingerprint density at radius 1 is 1.28 bits per heavy atom. The van der Waals surface area contributed by atoms with Gasteiger partial charge in [0.25, 0.3) is 5.91 Å². The quantitative estimate of drug-likeness (QED) is 0.748. The van der Waals surface area contributed by atoms with E-state index in [2.05, 4.69) is 27.8 Å². The molecule has 1 atom stereocenters. The van der Waals surface area contributed by atoms with Crippen molar-refractivity contribution in [3.05, 3.63) is 69.6 Å². The Kier molecular flexibility index (Phi) is 4.42. The number of amides is 1. The molecule has 0 saturated heterocycles. The lowest BCUT2D eigenvalue weighted by molar-refractivity contribution is 0.0933. The minimum absolute atomic E-state index is 0.115. The Morgan fingerprint density at radius 2 is 2.12 bits per heavy atom. The number of ether oxygens (including phenoxy) is 1. The van der Waals surface area contributed by atoms with Gasteiger partial charge in [-0.15, -0.1) is 0 Å². The average molecular weight is 371 g/mol. The molecule has 0 radical (unpaired) electrons. The van der Waals surface area contributed by atoms with Crippen molar-refractivity contribution in [2.75, 3.05) is 6.54 Å². The lowest BCUT2D eigenvalue weighted by atomic mass is 10.0. The van der Waals surface area contributed by atoms with Crippen LogP contribution < -0.4 is 10.1 Å². The van der Waals surface area contributed by atoms with Crippen molar-refractivity contribution in [1.82, 2.24) is 10.3 Å². The monoisotopic (exact) mass is 370 g/mol. The number of thiophene rings is 1. The largest absolute Gasteiger partial charge is 0.486 e. The maximum Gasteiger partial charge on any atom is 0.251 e. The number of fused-ring (bicyclic) bond motifs is 1. The maximum atomic E-state index is 12.1. The van der Waals surface area contributed by atoms with Crippen LogP contribution in [0, 0.1) is 0 Å². The van der Waals surface area contributed by atoms with E-state index in [-0.39, 0.29) is 12.0 Å². The second kappa shape index (κ2) is 6.86. The van der Waals surface area contributed by atoms with Crippen molar-refractivity contribution in [1.29, 1.82) is 0 Å². The van der Waals surface area contributed by atoms with Gasteiger partial charge in [0.15, 0.2) is 0 Å². The highest BCUT2D eigenvalue weighted by molar-refractivity contribution is 7.08. The summed E-state index contributed by atoms with van der Waals surface area (Å²) in [4.78, 5) is 16.0. The van der Waals surface area contributed by atoms with Crippen LogP contribution in [0.5, 0.6) is 5.75 Å². The number of carbonyl (C=O) groups excluding carboxylic acids is 1. The highest BCUT2D eigenvalue weighted by atomic mass is 35.5. The minimum atomic E-state index is -0.132. The maximum absolute atomic E-state index is 12.1. The highest BCUT2D eigenvalue weighted by Crippen LogP contribution is 2.39. The first-order chi connectivity index (χ1) is 12.2. The molecule has 0 aliphatic carbocycles. The van der Waals surface area contributed by atoms with Crippen LogP contribution in [0.3, 0.4) is 0 Å². The Labute approximate surface area is 154 Å². The minimum Gasteiger partial charge on any atom is -0.486 e. The number of hydrogen-bond donors (Lipinski definition) is 1. The van der Waals surface area contributed by atoms with E-state index < -0.39 is 0 Å².